The topological polar surface area (TPSA) is 64.1 Å². The number of ether oxygens (including phenoxy) is 1. The van der Waals surface area contributed by atoms with Crippen molar-refractivity contribution in [3.63, 3.8) is 0 Å². The third-order valence-corrected chi connectivity index (χ3v) is 2.72. The Morgan fingerprint density at radius 1 is 1.42 bits per heavy atom. The molecule has 0 radical (unpaired) electrons. The summed E-state index contributed by atoms with van der Waals surface area (Å²) in [6.07, 6.45) is 2.66. The van der Waals surface area contributed by atoms with Gasteiger partial charge in [-0.05, 0) is 18.2 Å². The van der Waals surface area contributed by atoms with Gasteiger partial charge < -0.3 is 10.1 Å². The summed E-state index contributed by atoms with van der Waals surface area (Å²) in [5.74, 6) is -0.795. The normalized spacial score (nSPS) is 10.1. The maximum Gasteiger partial charge on any atom is 0.358 e. The molecule has 1 aromatic heterocycles. The molecule has 0 unspecified atom stereocenters. The smallest absolute Gasteiger partial charge is 0.358 e. The fraction of sp³-hybridized carbons (Fsp3) is 0.0833. The summed E-state index contributed by atoms with van der Waals surface area (Å²) in [7, 11) is 1.25. The van der Waals surface area contributed by atoms with E-state index in [1.54, 1.807) is 12.1 Å². The lowest BCUT2D eigenvalue weighted by molar-refractivity contribution is 0.0593. The fourth-order valence-corrected chi connectivity index (χ4v) is 1.69. The highest BCUT2D eigenvalue weighted by molar-refractivity contribution is 9.10. The van der Waals surface area contributed by atoms with Crippen molar-refractivity contribution in [2.24, 2.45) is 0 Å². The average Bonchev–Trinajstić information content (AvgIpc) is 2.41. The monoisotopic (exact) mass is 325 g/mol. The number of hydrogen-bond donors (Lipinski definition) is 1. The van der Waals surface area contributed by atoms with Gasteiger partial charge in [0.1, 0.15) is 11.6 Å². The second kappa shape index (κ2) is 5.75. The van der Waals surface area contributed by atoms with Gasteiger partial charge in [0.25, 0.3) is 0 Å². The first kappa shape index (κ1) is 13.4. The van der Waals surface area contributed by atoms with E-state index in [1.807, 2.05) is 0 Å². The van der Waals surface area contributed by atoms with Crippen LogP contribution < -0.4 is 5.32 Å². The van der Waals surface area contributed by atoms with Crippen molar-refractivity contribution >= 4 is 33.4 Å². The van der Waals surface area contributed by atoms with Crippen LogP contribution in [0.25, 0.3) is 0 Å². The van der Waals surface area contributed by atoms with Crippen molar-refractivity contribution in [2.45, 2.75) is 0 Å². The minimum atomic E-state index is -0.604. The van der Waals surface area contributed by atoms with Gasteiger partial charge in [0.2, 0.25) is 0 Å². The Labute approximate surface area is 117 Å². The molecule has 1 aromatic carbocycles. The highest BCUT2D eigenvalue weighted by Gasteiger charge is 2.10. The van der Waals surface area contributed by atoms with Crippen molar-refractivity contribution < 1.29 is 13.9 Å². The maximum atomic E-state index is 13.6. The van der Waals surface area contributed by atoms with Crippen molar-refractivity contribution in [3.05, 3.63) is 46.6 Å². The van der Waals surface area contributed by atoms with Crippen LogP contribution in [0.1, 0.15) is 10.5 Å². The first-order chi connectivity index (χ1) is 9.10. The van der Waals surface area contributed by atoms with Crippen LogP contribution in [0.5, 0.6) is 0 Å². The molecular weight excluding hydrogens is 317 g/mol. The summed E-state index contributed by atoms with van der Waals surface area (Å²) in [5.41, 5.74) is 0.282. The van der Waals surface area contributed by atoms with E-state index in [1.165, 1.54) is 25.6 Å². The summed E-state index contributed by atoms with van der Waals surface area (Å²) in [4.78, 5) is 19.1. The number of carbonyl (C=O) groups is 1. The average molecular weight is 326 g/mol. The second-order valence-corrected chi connectivity index (χ2v) is 4.45. The summed E-state index contributed by atoms with van der Waals surface area (Å²) >= 11 is 3.16. The number of nitrogens with zero attached hydrogens (tertiary/aromatic N) is 2. The Hall–Kier alpha value is -2.02. The number of nitrogens with one attached hydrogen (secondary N) is 1. The zero-order chi connectivity index (χ0) is 13.8. The molecule has 0 atom stereocenters. The Morgan fingerprint density at radius 3 is 2.89 bits per heavy atom. The van der Waals surface area contributed by atoms with E-state index in [0.29, 0.717) is 4.47 Å². The number of benzene rings is 1. The van der Waals surface area contributed by atoms with Gasteiger partial charge >= 0.3 is 5.97 Å². The largest absolute Gasteiger partial charge is 0.464 e. The molecule has 7 heteroatoms. The number of aromatic nitrogens is 2. The Balaban J connectivity index is 2.26. The predicted molar refractivity (Wildman–Crippen MR) is 70.8 cm³/mol. The quantitative estimate of drug-likeness (QED) is 0.879. The Morgan fingerprint density at radius 2 is 2.21 bits per heavy atom. The molecule has 0 spiro atoms. The highest BCUT2D eigenvalue weighted by Crippen LogP contribution is 2.22. The third-order valence-electron chi connectivity index (χ3n) is 2.22. The van der Waals surface area contributed by atoms with Gasteiger partial charge in [-0.1, -0.05) is 15.9 Å². The number of rotatable bonds is 3. The van der Waals surface area contributed by atoms with Gasteiger partial charge in [-0.25, -0.2) is 14.2 Å². The summed E-state index contributed by atoms with van der Waals surface area (Å²) in [6.45, 7) is 0. The zero-order valence-corrected chi connectivity index (χ0v) is 11.4. The molecule has 0 saturated heterocycles. The summed E-state index contributed by atoms with van der Waals surface area (Å²) in [5, 5.41) is 2.74. The number of methoxy groups -OCH3 is 1. The molecule has 2 aromatic rings. The first-order valence-electron chi connectivity index (χ1n) is 5.22. The van der Waals surface area contributed by atoms with Crippen LogP contribution in [0.3, 0.4) is 0 Å². The third kappa shape index (κ3) is 3.25. The molecule has 0 aliphatic heterocycles. The van der Waals surface area contributed by atoms with Gasteiger partial charge in [0.15, 0.2) is 5.69 Å². The molecule has 0 fully saturated rings. The molecule has 1 N–H and O–H groups in total. The van der Waals surface area contributed by atoms with E-state index >= 15 is 0 Å². The van der Waals surface area contributed by atoms with E-state index < -0.39 is 11.8 Å². The van der Waals surface area contributed by atoms with Gasteiger partial charge in [0, 0.05) is 4.47 Å². The highest BCUT2D eigenvalue weighted by atomic mass is 79.9. The number of carbonyl (C=O) groups excluding carboxylic acids is 1. The summed E-state index contributed by atoms with van der Waals surface area (Å²) in [6, 6.07) is 4.55. The number of esters is 1. The molecule has 0 aliphatic carbocycles. The lowest BCUT2D eigenvalue weighted by atomic mass is 10.3. The molecular formula is C12H9BrFN3O2. The lowest BCUT2D eigenvalue weighted by Crippen LogP contribution is -2.07. The molecule has 0 aliphatic rings. The van der Waals surface area contributed by atoms with Crippen molar-refractivity contribution in [3.8, 4) is 0 Å². The van der Waals surface area contributed by atoms with Gasteiger partial charge in [0.05, 0.1) is 25.2 Å². The van der Waals surface area contributed by atoms with E-state index in [4.69, 9.17) is 0 Å². The maximum absolute atomic E-state index is 13.6. The van der Waals surface area contributed by atoms with Crippen LogP contribution in [-0.2, 0) is 4.74 Å². The van der Waals surface area contributed by atoms with Gasteiger partial charge in [-0.2, -0.15) is 0 Å². The van der Waals surface area contributed by atoms with E-state index in [2.05, 4.69) is 36.0 Å². The van der Waals surface area contributed by atoms with Crippen molar-refractivity contribution in [1.82, 2.24) is 9.97 Å². The standard InChI is InChI=1S/C12H9BrFN3O2/c1-19-12(18)10-5-15-6-11(17-10)16-9-3-2-7(13)4-8(9)14/h2-6H,1H3,(H,16,17). The minimum Gasteiger partial charge on any atom is -0.464 e. The molecule has 19 heavy (non-hydrogen) atoms. The molecule has 1 heterocycles. The zero-order valence-electron chi connectivity index (χ0n) is 9.85. The Bertz CT molecular complexity index is 622. The van der Waals surface area contributed by atoms with Crippen LogP contribution in [0.2, 0.25) is 0 Å². The van der Waals surface area contributed by atoms with E-state index in [0.717, 1.165) is 0 Å². The molecule has 98 valence electrons. The summed E-state index contributed by atoms with van der Waals surface area (Å²) < 4.78 is 18.8. The van der Waals surface area contributed by atoms with E-state index in [-0.39, 0.29) is 17.2 Å². The van der Waals surface area contributed by atoms with Crippen molar-refractivity contribution in [1.29, 1.82) is 0 Å². The molecule has 0 amide bonds. The Kier molecular flexibility index (Phi) is 4.06. The van der Waals surface area contributed by atoms with Gasteiger partial charge in [-0.15, -0.1) is 0 Å². The first-order valence-corrected chi connectivity index (χ1v) is 6.02. The van der Waals surface area contributed by atoms with Crippen LogP contribution >= 0.6 is 15.9 Å². The fourth-order valence-electron chi connectivity index (χ4n) is 1.36. The number of anilines is 2. The lowest BCUT2D eigenvalue weighted by Gasteiger charge is -2.07. The van der Waals surface area contributed by atoms with Crippen molar-refractivity contribution in [2.75, 3.05) is 12.4 Å². The van der Waals surface area contributed by atoms with Crippen LogP contribution in [-0.4, -0.2) is 23.0 Å². The van der Waals surface area contributed by atoms with Gasteiger partial charge in [-0.3, -0.25) is 4.98 Å². The van der Waals surface area contributed by atoms with Crippen LogP contribution in [0, 0.1) is 5.82 Å². The van der Waals surface area contributed by atoms with E-state index in [9.17, 15) is 9.18 Å². The SMILES string of the molecule is COC(=O)c1cncc(Nc2ccc(Br)cc2F)n1. The molecule has 2 rings (SSSR count). The molecule has 0 saturated carbocycles. The molecule has 5 nitrogen and oxygen atoms in total. The number of halogens is 2. The second-order valence-electron chi connectivity index (χ2n) is 3.53. The predicted octanol–water partition coefficient (Wildman–Crippen LogP) is 2.91. The van der Waals surface area contributed by atoms with Crippen LogP contribution in [0.15, 0.2) is 35.1 Å². The molecule has 0 bridgehead atoms. The minimum absolute atomic E-state index is 0.0463. The van der Waals surface area contributed by atoms with Crippen LogP contribution in [0.4, 0.5) is 15.9 Å². The number of hydrogen-bond acceptors (Lipinski definition) is 5.